The van der Waals surface area contributed by atoms with Crippen molar-refractivity contribution in [1.82, 2.24) is 5.32 Å². The number of nitrogens with one attached hydrogen (secondary N) is 1. The van der Waals surface area contributed by atoms with Crippen LogP contribution in [0.2, 0.25) is 10.0 Å². The Labute approximate surface area is 121 Å². The van der Waals surface area contributed by atoms with Crippen LogP contribution in [0.5, 0.6) is 0 Å². The fraction of sp³-hybridized carbons (Fsp3) is 0.600. The van der Waals surface area contributed by atoms with Crippen LogP contribution in [0.3, 0.4) is 0 Å². The Morgan fingerprint density at radius 1 is 1.11 bits per heavy atom. The highest BCUT2D eigenvalue weighted by Crippen LogP contribution is 2.28. The number of benzene rings is 1. The molecule has 0 heterocycles. The molecule has 1 nitrogen and oxygen atoms in total. The molecule has 1 N–H and O–H groups in total. The first-order valence-corrected chi connectivity index (χ1v) is 7.51. The largest absolute Gasteiger partial charge is 0.310 e. The first kappa shape index (κ1) is 15.8. The summed E-state index contributed by atoms with van der Waals surface area (Å²) in [5, 5.41) is 4.95. The van der Waals surface area contributed by atoms with Crippen LogP contribution in [0, 0.1) is 5.92 Å². The monoisotopic (exact) mass is 287 g/mol. The lowest BCUT2D eigenvalue weighted by molar-refractivity contribution is 0.395. The van der Waals surface area contributed by atoms with E-state index in [9.17, 15) is 0 Å². The summed E-state index contributed by atoms with van der Waals surface area (Å²) in [6.07, 6.45) is 3.62. The van der Waals surface area contributed by atoms with Crippen molar-refractivity contribution in [3.63, 3.8) is 0 Å². The van der Waals surface area contributed by atoms with Crippen LogP contribution in [0.25, 0.3) is 0 Å². The second-order valence-corrected chi connectivity index (χ2v) is 5.82. The number of rotatable bonds is 7. The number of hydrogen-bond acceptors (Lipinski definition) is 1. The summed E-state index contributed by atoms with van der Waals surface area (Å²) in [4.78, 5) is 0. The van der Waals surface area contributed by atoms with E-state index < -0.39 is 0 Å². The van der Waals surface area contributed by atoms with Crippen LogP contribution in [0.1, 0.15) is 51.6 Å². The van der Waals surface area contributed by atoms with Gasteiger partial charge < -0.3 is 5.32 Å². The third kappa shape index (κ3) is 5.17. The fourth-order valence-electron chi connectivity index (χ4n) is 2.37. The maximum absolute atomic E-state index is 6.08. The molecule has 0 saturated carbocycles. The number of hydrogen-bond donors (Lipinski definition) is 1. The van der Waals surface area contributed by atoms with Crippen molar-refractivity contribution in [3.05, 3.63) is 33.8 Å². The van der Waals surface area contributed by atoms with Crippen LogP contribution >= 0.6 is 23.2 Å². The van der Waals surface area contributed by atoms with Crippen molar-refractivity contribution < 1.29 is 0 Å². The molecule has 2 atom stereocenters. The molecule has 1 aromatic carbocycles. The van der Waals surface area contributed by atoms with Gasteiger partial charge in [-0.3, -0.25) is 0 Å². The smallest absolute Gasteiger partial charge is 0.0424 e. The van der Waals surface area contributed by atoms with Crippen molar-refractivity contribution in [1.29, 1.82) is 0 Å². The first-order chi connectivity index (χ1) is 8.56. The molecule has 0 spiro atoms. The van der Waals surface area contributed by atoms with Gasteiger partial charge in [-0.1, -0.05) is 56.8 Å². The molecule has 0 aromatic heterocycles. The van der Waals surface area contributed by atoms with E-state index >= 15 is 0 Å². The molecule has 1 aromatic rings. The molecule has 0 radical (unpaired) electrons. The van der Waals surface area contributed by atoms with E-state index in [1.54, 1.807) is 6.07 Å². The molecule has 0 aliphatic carbocycles. The van der Waals surface area contributed by atoms with E-state index in [-0.39, 0.29) is 0 Å². The van der Waals surface area contributed by atoms with Crippen molar-refractivity contribution in [2.45, 2.75) is 46.1 Å². The Bertz CT molecular complexity index is 345. The van der Waals surface area contributed by atoms with Crippen LogP contribution in [0.15, 0.2) is 18.2 Å². The van der Waals surface area contributed by atoms with Crippen LogP contribution in [-0.2, 0) is 0 Å². The SMILES string of the molecule is CCCC(C)CC(NCC)c1cc(Cl)cc(Cl)c1. The minimum absolute atomic E-state index is 0.341. The van der Waals surface area contributed by atoms with Crippen molar-refractivity contribution >= 4 is 23.2 Å². The molecule has 0 aliphatic rings. The van der Waals surface area contributed by atoms with Gasteiger partial charge in [0.2, 0.25) is 0 Å². The third-order valence-electron chi connectivity index (χ3n) is 3.16. The van der Waals surface area contributed by atoms with Gasteiger partial charge in [-0.2, -0.15) is 0 Å². The zero-order chi connectivity index (χ0) is 13.5. The zero-order valence-corrected chi connectivity index (χ0v) is 13.0. The standard InChI is InChI=1S/C15H23Cl2N/c1-4-6-11(3)7-15(18-5-2)12-8-13(16)10-14(17)9-12/h8-11,15,18H,4-7H2,1-3H3. The van der Waals surface area contributed by atoms with E-state index in [2.05, 4.69) is 26.1 Å². The Morgan fingerprint density at radius 2 is 1.72 bits per heavy atom. The highest BCUT2D eigenvalue weighted by atomic mass is 35.5. The molecule has 3 heteroatoms. The van der Waals surface area contributed by atoms with E-state index in [4.69, 9.17) is 23.2 Å². The zero-order valence-electron chi connectivity index (χ0n) is 11.5. The molecule has 102 valence electrons. The van der Waals surface area contributed by atoms with E-state index in [1.807, 2.05) is 12.1 Å². The van der Waals surface area contributed by atoms with Gasteiger partial charge in [0.15, 0.2) is 0 Å². The van der Waals surface area contributed by atoms with Gasteiger partial charge in [-0.25, -0.2) is 0 Å². The molecule has 0 bridgehead atoms. The predicted octanol–water partition coefficient (Wildman–Crippen LogP) is 5.47. The van der Waals surface area contributed by atoms with E-state index in [1.165, 1.54) is 18.4 Å². The molecule has 2 unspecified atom stereocenters. The second-order valence-electron chi connectivity index (χ2n) is 4.94. The molecular formula is C15H23Cl2N. The quantitative estimate of drug-likeness (QED) is 0.701. The Morgan fingerprint density at radius 3 is 2.22 bits per heavy atom. The van der Waals surface area contributed by atoms with Crippen LogP contribution < -0.4 is 5.32 Å². The fourth-order valence-corrected chi connectivity index (χ4v) is 2.92. The summed E-state index contributed by atoms with van der Waals surface area (Å²) in [6, 6.07) is 6.15. The van der Waals surface area contributed by atoms with Gasteiger partial charge in [0, 0.05) is 16.1 Å². The third-order valence-corrected chi connectivity index (χ3v) is 3.59. The lowest BCUT2D eigenvalue weighted by atomic mass is 9.93. The number of halogens is 2. The minimum atomic E-state index is 0.341. The second kappa shape index (κ2) is 8.04. The molecule has 0 saturated heterocycles. The highest BCUT2D eigenvalue weighted by molar-refractivity contribution is 6.34. The van der Waals surface area contributed by atoms with Gasteiger partial charge in [-0.05, 0) is 42.6 Å². The maximum atomic E-state index is 6.08. The molecule has 1 rings (SSSR count). The average Bonchev–Trinajstić information content (AvgIpc) is 2.27. The summed E-state index contributed by atoms with van der Waals surface area (Å²) < 4.78 is 0. The summed E-state index contributed by atoms with van der Waals surface area (Å²) in [5.41, 5.74) is 1.19. The van der Waals surface area contributed by atoms with E-state index in [0.717, 1.165) is 13.0 Å². The first-order valence-electron chi connectivity index (χ1n) is 6.76. The van der Waals surface area contributed by atoms with Crippen molar-refractivity contribution in [3.8, 4) is 0 Å². The predicted molar refractivity (Wildman–Crippen MR) is 81.6 cm³/mol. The van der Waals surface area contributed by atoms with Crippen molar-refractivity contribution in [2.24, 2.45) is 5.92 Å². The molecule has 0 amide bonds. The average molecular weight is 288 g/mol. The van der Waals surface area contributed by atoms with Gasteiger partial charge in [-0.15, -0.1) is 0 Å². The summed E-state index contributed by atoms with van der Waals surface area (Å²) in [7, 11) is 0. The summed E-state index contributed by atoms with van der Waals surface area (Å²) in [5.74, 6) is 0.705. The van der Waals surface area contributed by atoms with Gasteiger partial charge in [0.05, 0.1) is 0 Å². The molecular weight excluding hydrogens is 265 g/mol. The molecule has 0 aliphatic heterocycles. The highest BCUT2D eigenvalue weighted by Gasteiger charge is 2.15. The van der Waals surface area contributed by atoms with Gasteiger partial charge in [0.25, 0.3) is 0 Å². The molecule has 18 heavy (non-hydrogen) atoms. The maximum Gasteiger partial charge on any atom is 0.0424 e. The van der Waals surface area contributed by atoms with Crippen LogP contribution in [0.4, 0.5) is 0 Å². The lowest BCUT2D eigenvalue weighted by Gasteiger charge is -2.22. The Kier molecular flexibility index (Phi) is 7.06. The van der Waals surface area contributed by atoms with Crippen molar-refractivity contribution in [2.75, 3.05) is 6.54 Å². The molecule has 0 fully saturated rings. The Hall–Kier alpha value is -0.240. The van der Waals surface area contributed by atoms with Gasteiger partial charge >= 0.3 is 0 Å². The van der Waals surface area contributed by atoms with Crippen LogP contribution in [-0.4, -0.2) is 6.54 Å². The lowest BCUT2D eigenvalue weighted by Crippen LogP contribution is -2.23. The topological polar surface area (TPSA) is 12.0 Å². The normalized spacial score (nSPS) is 14.5. The van der Waals surface area contributed by atoms with E-state index in [0.29, 0.717) is 22.0 Å². The minimum Gasteiger partial charge on any atom is -0.310 e. The van der Waals surface area contributed by atoms with Gasteiger partial charge in [0.1, 0.15) is 0 Å². The summed E-state index contributed by atoms with van der Waals surface area (Å²) in [6.45, 7) is 7.62. The summed E-state index contributed by atoms with van der Waals surface area (Å²) >= 11 is 12.2. The Balaban J connectivity index is 2.82.